The fourth-order valence-corrected chi connectivity index (χ4v) is 3.25. The van der Waals surface area contributed by atoms with Crippen LogP contribution in [0, 0.1) is 6.92 Å². The quantitative estimate of drug-likeness (QED) is 0.621. The van der Waals surface area contributed by atoms with Crippen LogP contribution in [0.4, 0.5) is 0 Å². The Morgan fingerprint density at radius 1 is 1.00 bits per heavy atom. The molecule has 6 heteroatoms. The lowest BCUT2D eigenvalue weighted by Gasteiger charge is -2.05. The van der Waals surface area contributed by atoms with Crippen LogP contribution in [0.15, 0.2) is 59.5 Å². The summed E-state index contributed by atoms with van der Waals surface area (Å²) in [6.07, 6.45) is -0.380. The van der Waals surface area contributed by atoms with E-state index < -0.39 is 27.5 Å². The molecular formula is C17H16O5S. The molecule has 0 amide bonds. The van der Waals surface area contributed by atoms with Gasteiger partial charge >= 0.3 is 11.9 Å². The van der Waals surface area contributed by atoms with Crippen molar-refractivity contribution in [3.63, 3.8) is 0 Å². The third-order valence-electron chi connectivity index (χ3n) is 3.14. The zero-order valence-corrected chi connectivity index (χ0v) is 13.4. The lowest BCUT2D eigenvalue weighted by Crippen LogP contribution is -2.17. The minimum Gasteiger partial charge on any atom is -0.389 e. The van der Waals surface area contributed by atoms with Crippen LogP contribution in [-0.2, 0) is 19.4 Å². The van der Waals surface area contributed by atoms with Crippen molar-refractivity contribution in [3.05, 3.63) is 65.7 Å². The lowest BCUT2D eigenvalue weighted by atomic mass is 10.2. The van der Waals surface area contributed by atoms with Gasteiger partial charge in [-0.2, -0.15) is 0 Å². The minimum atomic E-state index is -3.59. The molecule has 0 radical (unpaired) electrons. The van der Waals surface area contributed by atoms with Crippen molar-refractivity contribution in [1.82, 2.24) is 0 Å². The van der Waals surface area contributed by atoms with E-state index in [2.05, 4.69) is 4.74 Å². The van der Waals surface area contributed by atoms with E-state index in [1.165, 1.54) is 24.3 Å². The molecule has 0 aromatic heterocycles. The Morgan fingerprint density at radius 2 is 1.70 bits per heavy atom. The molecule has 5 nitrogen and oxygen atoms in total. The minimum absolute atomic E-state index is 0.152. The van der Waals surface area contributed by atoms with Gasteiger partial charge in [-0.1, -0.05) is 30.3 Å². The first-order valence-corrected chi connectivity index (χ1v) is 8.63. The second-order valence-corrected chi connectivity index (χ2v) is 7.12. The molecule has 0 fully saturated rings. The number of carbonyl (C=O) groups is 2. The summed E-state index contributed by atoms with van der Waals surface area (Å²) in [5.74, 6) is -2.06. The van der Waals surface area contributed by atoms with Gasteiger partial charge < -0.3 is 4.74 Å². The molecule has 0 N–H and O–H groups in total. The van der Waals surface area contributed by atoms with Gasteiger partial charge in [-0.15, -0.1) is 0 Å². The van der Waals surface area contributed by atoms with Crippen LogP contribution in [0.25, 0.3) is 0 Å². The van der Waals surface area contributed by atoms with Crippen LogP contribution >= 0.6 is 0 Å². The van der Waals surface area contributed by atoms with E-state index in [0.29, 0.717) is 0 Å². The summed E-state index contributed by atoms with van der Waals surface area (Å²) in [6, 6.07) is 14.5. The largest absolute Gasteiger partial charge is 0.389 e. The monoisotopic (exact) mass is 332 g/mol. The average molecular weight is 332 g/mol. The number of esters is 2. The van der Waals surface area contributed by atoms with Gasteiger partial charge in [0.1, 0.15) is 0 Å². The molecule has 0 aliphatic rings. The number of aryl methyl sites for hydroxylation is 1. The molecule has 2 rings (SSSR count). The summed E-state index contributed by atoms with van der Waals surface area (Å²) in [4.78, 5) is 23.5. The highest BCUT2D eigenvalue weighted by Crippen LogP contribution is 2.14. The van der Waals surface area contributed by atoms with Gasteiger partial charge in [0.15, 0.2) is 9.84 Å². The van der Waals surface area contributed by atoms with Gasteiger partial charge in [0.25, 0.3) is 0 Å². The molecule has 0 heterocycles. The van der Waals surface area contributed by atoms with Gasteiger partial charge in [-0.3, -0.25) is 4.79 Å². The Labute approximate surface area is 134 Å². The van der Waals surface area contributed by atoms with Crippen molar-refractivity contribution in [2.24, 2.45) is 0 Å². The summed E-state index contributed by atoms with van der Waals surface area (Å²) >= 11 is 0. The van der Waals surface area contributed by atoms with Crippen LogP contribution in [0.5, 0.6) is 0 Å². The molecule has 0 unspecified atom stereocenters. The van der Waals surface area contributed by atoms with Crippen molar-refractivity contribution in [1.29, 1.82) is 0 Å². The Morgan fingerprint density at radius 3 is 2.35 bits per heavy atom. The van der Waals surface area contributed by atoms with Crippen LogP contribution < -0.4 is 0 Å². The maximum Gasteiger partial charge on any atom is 0.345 e. The highest BCUT2D eigenvalue weighted by molar-refractivity contribution is 7.91. The third-order valence-corrected chi connectivity index (χ3v) is 4.85. The number of benzene rings is 2. The highest BCUT2D eigenvalue weighted by atomic mass is 32.2. The third kappa shape index (κ3) is 4.75. The smallest absolute Gasteiger partial charge is 0.345 e. The van der Waals surface area contributed by atoms with Crippen molar-refractivity contribution >= 4 is 21.8 Å². The fraction of sp³-hybridized carbons (Fsp3) is 0.176. The molecule has 23 heavy (non-hydrogen) atoms. The van der Waals surface area contributed by atoms with Crippen LogP contribution in [0.3, 0.4) is 0 Å². The van der Waals surface area contributed by atoms with Crippen LogP contribution in [0.2, 0.25) is 0 Å². The predicted molar refractivity (Wildman–Crippen MR) is 84.7 cm³/mol. The molecule has 2 aromatic rings. The molecule has 0 spiro atoms. The molecule has 0 saturated heterocycles. The van der Waals surface area contributed by atoms with Crippen LogP contribution in [-0.4, -0.2) is 26.1 Å². The molecule has 0 saturated carbocycles. The van der Waals surface area contributed by atoms with Gasteiger partial charge in [0.2, 0.25) is 0 Å². The SMILES string of the molecule is Cc1cccc(S(=O)(=O)CCC(=O)OC(=O)c2ccccc2)c1. The first kappa shape index (κ1) is 16.9. The summed E-state index contributed by atoms with van der Waals surface area (Å²) in [5.41, 5.74) is 1.05. The normalized spacial score (nSPS) is 11.0. The predicted octanol–water partition coefficient (Wildman–Crippen LogP) is 2.54. The molecule has 0 atom stereocenters. The van der Waals surface area contributed by atoms with Gasteiger partial charge in [-0.05, 0) is 36.8 Å². The maximum absolute atomic E-state index is 12.2. The van der Waals surface area contributed by atoms with E-state index >= 15 is 0 Å². The summed E-state index contributed by atoms with van der Waals surface area (Å²) < 4.78 is 29.0. The van der Waals surface area contributed by atoms with Crippen molar-refractivity contribution in [3.8, 4) is 0 Å². The lowest BCUT2D eigenvalue weighted by molar-refractivity contribution is -0.137. The second kappa shape index (κ2) is 7.19. The second-order valence-electron chi connectivity index (χ2n) is 5.01. The van der Waals surface area contributed by atoms with Gasteiger partial charge in [0, 0.05) is 0 Å². The van der Waals surface area contributed by atoms with Crippen molar-refractivity contribution < 1.29 is 22.7 Å². The van der Waals surface area contributed by atoms with E-state index in [1.807, 2.05) is 0 Å². The van der Waals surface area contributed by atoms with E-state index in [0.717, 1.165) is 5.56 Å². The van der Waals surface area contributed by atoms with E-state index in [9.17, 15) is 18.0 Å². The first-order chi connectivity index (χ1) is 10.9. The van der Waals surface area contributed by atoms with E-state index in [4.69, 9.17) is 0 Å². The van der Waals surface area contributed by atoms with Crippen molar-refractivity contribution in [2.75, 3.05) is 5.75 Å². The maximum atomic E-state index is 12.2. The molecular weight excluding hydrogens is 316 g/mol. The molecule has 0 aliphatic carbocycles. The average Bonchev–Trinajstić information content (AvgIpc) is 2.54. The Bertz CT molecular complexity index is 810. The number of rotatable bonds is 5. The Kier molecular flexibility index (Phi) is 5.28. The number of sulfone groups is 1. The summed E-state index contributed by atoms with van der Waals surface area (Å²) in [5, 5.41) is 0. The highest BCUT2D eigenvalue weighted by Gasteiger charge is 2.19. The molecule has 120 valence electrons. The first-order valence-electron chi connectivity index (χ1n) is 6.98. The number of hydrogen-bond acceptors (Lipinski definition) is 5. The zero-order valence-electron chi connectivity index (χ0n) is 12.6. The number of carbonyl (C=O) groups excluding carboxylic acids is 2. The summed E-state index contributed by atoms with van der Waals surface area (Å²) in [7, 11) is -3.59. The zero-order chi connectivity index (χ0) is 16.9. The standard InChI is InChI=1S/C17H16O5S/c1-13-6-5-9-15(12-13)23(20,21)11-10-16(18)22-17(19)14-7-3-2-4-8-14/h2-9,12H,10-11H2,1H3. The fourth-order valence-electron chi connectivity index (χ4n) is 1.93. The topological polar surface area (TPSA) is 77.5 Å². The van der Waals surface area contributed by atoms with E-state index in [-0.39, 0.29) is 16.9 Å². The van der Waals surface area contributed by atoms with Crippen LogP contribution in [0.1, 0.15) is 22.3 Å². The number of ether oxygens (including phenoxy) is 1. The van der Waals surface area contributed by atoms with Gasteiger partial charge in [0.05, 0.1) is 22.6 Å². The van der Waals surface area contributed by atoms with E-state index in [1.54, 1.807) is 37.3 Å². The molecule has 2 aromatic carbocycles. The van der Waals surface area contributed by atoms with Crippen molar-refractivity contribution in [2.45, 2.75) is 18.2 Å². The molecule has 0 bridgehead atoms. The molecule has 0 aliphatic heterocycles. The Hall–Kier alpha value is -2.47. The number of hydrogen-bond donors (Lipinski definition) is 0. The van der Waals surface area contributed by atoms with Gasteiger partial charge in [-0.25, -0.2) is 13.2 Å². The summed E-state index contributed by atoms with van der Waals surface area (Å²) in [6.45, 7) is 1.78. The Balaban J connectivity index is 1.95.